The van der Waals surface area contributed by atoms with Gasteiger partial charge in [0, 0.05) is 43.3 Å². The van der Waals surface area contributed by atoms with Crippen LogP contribution in [0.5, 0.6) is 5.75 Å². The van der Waals surface area contributed by atoms with Crippen LogP contribution in [0.1, 0.15) is 29.0 Å². The Morgan fingerprint density at radius 2 is 2.26 bits per heavy atom. The van der Waals surface area contributed by atoms with Crippen LogP contribution in [0.4, 0.5) is 5.69 Å². The number of aromatic nitrogens is 2. The first-order valence-corrected chi connectivity index (χ1v) is 9.17. The molecule has 0 aliphatic carbocycles. The Hall–Kier alpha value is -2.96. The van der Waals surface area contributed by atoms with E-state index in [1.54, 1.807) is 11.8 Å². The highest BCUT2D eigenvalue weighted by Gasteiger charge is 2.26. The molecule has 1 fully saturated rings. The van der Waals surface area contributed by atoms with Gasteiger partial charge in [0.05, 0.1) is 19.0 Å². The molecule has 1 aliphatic rings. The second-order valence-corrected chi connectivity index (χ2v) is 7.02. The summed E-state index contributed by atoms with van der Waals surface area (Å²) in [6.45, 7) is 3.64. The molecule has 0 radical (unpaired) electrons. The third-order valence-electron chi connectivity index (χ3n) is 5.17. The fraction of sp³-hybridized carbons (Fsp3) is 0.400. The molecule has 0 bridgehead atoms. The Bertz CT molecular complexity index is 975. The van der Waals surface area contributed by atoms with Gasteiger partial charge in [0.25, 0.3) is 5.91 Å². The summed E-state index contributed by atoms with van der Waals surface area (Å²) in [6.07, 6.45) is 5.83. The van der Waals surface area contributed by atoms with Crippen LogP contribution >= 0.6 is 0 Å². The van der Waals surface area contributed by atoms with E-state index in [-0.39, 0.29) is 11.9 Å². The Morgan fingerprint density at radius 1 is 1.41 bits per heavy atom. The zero-order valence-electron chi connectivity index (χ0n) is 15.9. The Kier molecular flexibility index (Phi) is 4.51. The maximum Gasteiger partial charge on any atom is 0.287 e. The van der Waals surface area contributed by atoms with Gasteiger partial charge in [0.2, 0.25) is 0 Å². The number of hydrogen-bond donors (Lipinski definition) is 1. The molecule has 7 heteroatoms. The molecular formula is C20H24N4O3. The molecule has 1 atom stereocenters. The van der Waals surface area contributed by atoms with E-state index >= 15 is 0 Å². The summed E-state index contributed by atoms with van der Waals surface area (Å²) in [5.41, 5.74) is 2.53. The normalized spacial score (nSPS) is 17.3. The number of piperidine rings is 1. The molecule has 1 N–H and O–H groups in total. The molecule has 3 heterocycles. The minimum absolute atomic E-state index is 0.0703. The quantitative estimate of drug-likeness (QED) is 0.767. The van der Waals surface area contributed by atoms with E-state index in [9.17, 15) is 4.79 Å². The smallest absolute Gasteiger partial charge is 0.287 e. The van der Waals surface area contributed by atoms with Crippen LogP contribution in [0.15, 0.2) is 35.0 Å². The molecule has 7 nitrogen and oxygen atoms in total. The fourth-order valence-corrected chi connectivity index (χ4v) is 3.75. The Morgan fingerprint density at radius 3 is 3.00 bits per heavy atom. The summed E-state index contributed by atoms with van der Waals surface area (Å²) in [5.74, 6) is 0.812. The lowest BCUT2D eigenvalue weighted by Crippen LogP contribution is -2.47. The van der Waals surface area contributed by atoms with Gasteiger partial charge in [-0.25, -0.2) is 0 Å². The molecule has 1 aliphatic heterocycles. The zero-order chi connectivity index (χ0) is 19.0. The number of nitrogens with one attached hydrogen (secondary N) is 1. The van der Waals surface area contributed by atoms with Gasteiger partial charge in [0.1, 0.15) is 0 Å². The highest BCUT2D eigenvalue weighted by Crippen LogP contribution is 2.32. The number of nitrogens with zero attached hydrogens (tertiary/aromatic N) is 3. The number of fused-ring (bicyclic) bond motifs is 1. The van der Waals surface area contributed by atoms with Crippen molar-refractivity contribution in [2.45, 2.75) is 25.8 Å². The highest BCUT2D eigenvalue weighted by molar-refractivity contribution is 6.00. The highest BCUT2D eigenvalue weighted by atomic mass is 16.5. The van der Waals surface area contributed by atoms with Crippen LogP contribution in [0, 0.1) is 6.92 Å². The molecule has 2 aromatic heterocycles. The van der Waals surface area contributed by atoms with Gasteiger partial charge in [-0.1, -0.05) is 12.1 Å². The summed E-state index contributed by atoms with van der Waals surface area (Å²) >= 11 is 0. The van der Waals surface area contributed by atoms with Crippen molar-refractivity contribution in [3.05, 3.63) is 41.9 Å². The summed E-state index contributed by atoms with van der Waals surface area (Å²) in [4.78, 5) is 15.1. The predicted molar refractivity (Wildman–Crippen MR) is 103 cm³/mol. The third-order valence-corrected chi connectivity index (χ3v) is 5.17. The van der Waals surface area contributed by atoms with E-state index in [2.05, 4.69) is 15.3 Å². The first-order valence-electron chi connectivity index (χ1n) is 9.17. The monoisotopic (exact) mass is 368 g/mol. The summed E-state index contributed by atoms with van der Waals surface area (Å²) in [5, 5.41) is 8.28. The van der Waals surface area contributed by atoms with Gasteiger partial charge in [-0.15, -0.1) is 0 Å². The van der Waals surface area contributed by atoms with Crippen molar-refractivity contribution in [1.82, 2.24) is 15.1 Å². The van der Waals surface area contributed by atoms with E-state index in [0.717, 1.165) is 42.6 Å². The van der Waals surface area contributed by atoms with Gasteiger partial charge in [-0.05, 0) is 25.8 Å². The van der Waals surface area contributed by atoms with Crippen LogP contribution < -0.4 is 15.0 Å². The van der Waals surface area contributed by atoms with Gasteiger partial charge in [-0.2, -0.15) is 5.10 Å². The Balaban J connectivity index is 1.52. The summed E-state index contributed by atoms with van der Waals surface area (Å²) in [7, 11) is 3.51. The molecule has 1 aromatic carbocycles. The number of furan rings is 1. The van der Waals surface area contributed by atoms with E-state index in [1.807, 2.05) is 44.6 Å². The van der Waals surface area contributed by atoms with E-state index in [0.29, 0.717) is 17.1 Å². The number of amides is 1. The van der Waals surface area contributed by atoms with Crippen molar-refractivity contribution in [3.8, 4) is 5.75 Å². The van der Waals surface area contributed by atoms with Crippen LogP contribution in [0.3, 0.4) is 0 Å². The lowest BCUT2D eigenvalue weighted by atomic mass is 10.0. The Labute approximate surface area is 157 Å². The maximum atomic E-state index is 12.9. The minimum atomic E-state index is -0.177. The van der Waals surface area contributed by atoms with Gasteiger partial charge in [0.15, 0.2) is 17.1 Å². The largest absolute Gasteiger partial charge is 0.493 e. The van der Waals surface area contributed by atoms with E-state index in [1.165, 1.54) is 0 Å². The third kappa shape index (κ3) is 3.25. The van der Waals surface area contributed by atoms with E-state index < -0.39 is 0 Å². The lowest BCUT2D eigenvalue weighted by molar-refractivity contribution is 0.0906. The van der Waals surface area contributed by atoms with Crippen molar-refractivity contribution >= 4 is 22.6 Å². The maximum absolute atomic E-state index is 12.9. The van der Waals surface area contributed by atoms with Gasteiger partial charge >= 0.3 is 0 Å². The van der Waals surface area contributed by atoms with Crippen LogP contribution in [0.25, 0.3) is 11.0 Å². The number of carbonyl (C=O) groups is 1. The molecule has 142 valence electrons. The summed E-state index contributed by atoms with van der Waals surface area (Å²) in [6, 6.07) is 5.75. The SMILES string of the molecule is COc1cccc2c(C)c(C(=O)NC3CCCN(c4cnn(C)c4)C3)oc12. The van der Waals surface area contributed by atoms with Gasteiger partial charge in [-0.3, -0.25) is 9.48 Å². The van der Waals surface area contributed by atoms with Crippen LogP contribution in [-0.2, 0) is 7.05 Å². The van der Waals surface area contributed by atoms with Crippen molar-refractivity contribution in [3.63, 3.8) is 0 Å². The second-order valence-electron chi connectivity index (χ2n) is 7.02. The van der Waals surface area contributed by atoms with Crippen LogP contribution in [-0.4, -0.2) is 41.9 Å². The number of para-hydroxylation sites is 1. The first-order chi connectivity index (χ1) is 13.1. The van der Waals surface area contributed by atoms with E-state index in [4.69, 9.17) is 9.15 Å². The second kappa shape index (κ2) is 6.98. The molecule has 1 saturated heterocycles. The lowest BCUT2D eigenvalue weighted by Gasteiger charge is -2.33. The summed E-state index contributed by atoms with van der Waals surface area (Å²) < 4.78 is 13.0. The number of hydrogen-bond acceptors (Lipinski definition) is 5. The molecule has 27 heavy (non-hydrogen) atoms. The molecular weight excluding hydrogens is 344 g/mol. The minimum Gasteiger partial charge on any atom is -0.493 e. The molecule has 0 spiro atoms. The van der Waals surface area contributed by atoms with Crippen molar-refractivity contribution in [1.29, 1.82) is 0 Å². The number of anilines is 1. The number of rotatable bonds is 4. The van der Waals surface area contributed by atoms with Crippen molar-refractivity contribution in [2.24, 2.45) is 7.05 Å². The molecule has 1 unspecified atom stereocenters. The molecule has 0 saturated carbocycles. The molecule has 4 rings (SSSR count). The van der Waals surface area contributed by atoms with Crippen molar-refractivity contribution < 1.29 is 13.9 Å². The topological polar surface area (TPSA) is 72.5 Å². The zero-order valence-corrected chi connectivity index (χ0v) is 15.9. The first kappa shape index (κ1) is 17.5. The average Bonchev–Trinajstić information content (AvgIpc) is 3.26. The standard InChI is InChI=1S/C20H24N4O3/c1-13-16-7-4-8-17(26-3)19(16)27-18(13)20(25)22-14-6-5-9-24(11-14)15-10-21-23(2)12-15/h4,7-8,10,12,14H,5-6,9,11H2,1-3H3,(H,22,25). The predicted octanol–water partition coefficient (Wildman–Crippen LogP) is 2.88. The fourth-order valence-electron chi connectivity index (χ4n) is 3.75. The van der Waals surface area contributed by atoms with Gasteiger partial charge < -0.3 is 19.4 Å². The number of carbonyl (C=O) groups excluding carboxylic acids is 1. The number of aryl methyl sites for hydroxylation is 2. The molecule has 1 amide bonds. The number of methoxy groups -OCH3 is 1. The number of benzene rings is 1. The average molecular weight is 368 g/mol. The number of ether oxygens (including phenoxy) is 1. The van der Waals surface area contributed by atoms with Crippen molar-refractivity contribution in [2.75, 3.05) is 25.1 Å². The van der Waals surface area contributed by atoms with Crippen LogP contribution in [0.2, 0.25) is 0 Å². The molecule has 3 aromatic rings.